The summed E-state index contributed by atoms with van der Waals surface area (Å²) in [6.45, 7) is 0. The number of carbonyl (C=O) groups is 2. The van der Waals surface area contributed by atoms with Crippen molar-refractivity contribution in [1.82, 2.24) is 5.48 Å². The Hall–Kier alpha value is -3.72. The van der Waals surface area contributed by atoms with Gasteiger partial charge >= 0.3 is 5.97 Å². The lowest BCUT2D eigenvalue weighted by Gasteiger charge is -2.16. The van der Waals surface area contributed by atoms with Gasteiger partial charge in [-0.2, -0.15) is 0 Å². The maximum atomic E-state index is 12.2. The number of carbonyl (C=O) groups excluding carboxylic acids is 2. The third-order valence-corrected chi connectivity index (χ3v) is 4.59. The van der Waals surface area contributed by atoms with Crippen molar-refractivity contribution in [1.29, 1.82) is 0 Å². The number of hydrogen-bond acceptors (Lipinski definition) is 8. The number of ether oxygens (including phenoxy) is 5. The number of nitrogens with one attached hydrogen (secondary N) is 1. The molecule has 1 amide bonds. The van der Waals surface area contributed by atoms with Gasteiger partial charge in [-0.1, -0.05) is 18.2 Å². The summed E-state index contributed by atoms with van der Waals surface area (Å²) in [5.74, 6) is 0.605. The molecule has 0 aliphatic heterocycles. The van der Waals surface area contributed by atoms with Crippen molar-refractivity contribution >= 4 is 11.9 Å². The second kappa shape index (κ2) is 12.2. The van der Waals surface area contributed by atoms with Crippen molar-refractivity contribution in [3.63, 3.8) is 0 Å². The zero-order valence-corrected chi connectivity index (χ0v) is 18.4. The first-order chi connectivity index (χ1) is 15.4. The molecule has 32 heavy (non-hydrogen) atoms. The molecule has 2 aromatic rings. The fraction of sp³-hybridized carbons (Fsp3) is 0.304. The summed E-state index contributed by atoms with van der Waals surface area (Å²) in [4.78, 5) is 24.3. The second-order valence-electron chi connectivity index (χ2n) is 6.59. The molecule has 2 N–H and O–H groups in total. The molecule has 2 rings (SSSR count). The zero-order valence-electron chi connectivity index (χ0n) is 18.4. The molecule has 0 fully saturated rings. The molecule has 9 heteroatoms. The summed E-state index contributed by atoms with van der Waals surface area (Å²) in [5, 5.41) is 9.02. The maximum Gasteiger partial charge on any atom is 0.331 e. The summed E-state index contributed by atoms with van der Waals surface area (Å²) >= 11 is 0. The monoisotopic (exact) mass is 445 g/mol. The van der Waals surface area contributed by atoms with Crippen LogP contribution in [-0.2, 0) is 27.2 Å². The predicted molar refractivity (Wildman–Crippen MR) is 115 cm³/mol. The third kappa shape index (κ3) is 6.64. The Morgan fingerprint density at radius 2 is 1.41 bits per heavy atom. The van der Waals surface area contributed by atoms with Crippen molar-refractivity contribution in [3.05, 3.63) is 59.7 Å². The van der Waals surface area contributed by atoms with Crippen LogP contribution < -0.4 is 24.4 Å². The van der Waals surface area contributed by atoms with Gasteiger partial charge in [0, 0.05) is 12.5 Å². The molecule has 0 saturated carbocycles. The van der Waals surface area contributed by atoms with Gasteiger partial charge in [-0.3, -0.25) is 10.0 Å². The molecule has 2 aromatic carbocycles. The highest BCUT2D eigenvalue weighted by Crippen LogP contribution is 2.29. The van der Waals surface area contributed by atoms with Gasteiger partial charge in [0.25, 0.3) is 5.91 Å². The number of methoxy groups -OCH3 is 4. The van der Waals surface area contributed by atoms with Crippen LogP contribution in [0.1, 0.15) is 11.1 Å². The van der Waals surface area contributed by atoms with Crippen molar-refractivity contribution in [2.75, 3.05) is 28.4 Å². The fourth-order valence-corrected chi connectivity index (χ4v) is 2.96. The third-order valence-electron chi connectivity index (χ3n) is 4.59. The van der Waals surface area contributed by atoms with E-state index in [4.69, 9.17) is 28.9 Å². The lowest BCUT2D eigenvalue weighted by Crippen LogP contribution is -2.37. The summed E-state index contributed by atoms with van der Waals surface area (Å²) < 4.78 is 26.1. The molecule has 0 aromatic heterocycles. The van der Waals surface area contributed by atoms with Gasteiger partial charge in [0.05, 0.1) is 28.4 Å². The molecular weight excluding hydrogens is 418 g/mol. The fourth-order valence-electron chi connectivity index (χ4n) is 2.96. The van der Waals surface area contributed by atoms with Gasteiger partial charge < -0.3 is 23.7 Å². The normalized spacial score (nSPS) is 11.5. The Morgan fingerprint density at radius 3 is 1.94 bits per heavy atom. The van der Waals surface area contributed by atoms with Gasteiger partial charge in [-0.05, 0) is 41.8 Å². The molecule has 1 unspecified atom stereocenters. The largest absolute Gasteiger partial charge is 0.493 e. The molecular formula is C23H27NO8. The van der Waals surface area contributed by atoms with Crippen LogP contribution in [0.25, 0.3) is 0 Å². The van der Waals surface area contributed by atoms with E-state index in [0.29, 0.717) is 35.0 Å². The average molecular weight is 445 g/mol. The minimum absolute atomic E-state index is 0.0298. The van der Waals surface area contributed by atoms with E-state index in [9.17, 15) is 9.59 Å². The zero-order chi connectivity index (χ0) is 23.5. The average Bonchev–Trinajstić information content (AvgIpc) is 2.82. The molecule has 0 heterocycles. The van der Waals surface area contributed by atoms with Crippen LogP contribution in [0, 0.1) is 0 Å². The number of hydrogen-bond donors (Lipinski definition) is 2. The van der Waals surface area contributed by atoms with E-state index in [0.717, 1.165) is 5.56 Å². The lowest BCUT2D eigenvalue weighted by atomic mass is 10.1. The van der Waals surface area contributed by atoms with E-state index in [1.165, 1.54) is 25.8 Å². The molecule has 0 saturated heterocycles. The van der Waals surface area contributed by atoms with Crippen LogP contribution in [0.4, 0.5) is 0 Å². The van der Waals surface area contributed by atoms with Crippen LogP contribution >= 0.6 is 0 Å². The molecule has 0 spiro atoms. The Kier molecular flexibility index (Phi) is 9.37. The van der Waals surface area contributed by atoms with Crippen molar-refractivity contribution < 1.29 is 38.5 Å². The highest BCUT2D eigenvalue weighted by molar-refractivity contribution is 5.87. The Labute approximate surface area is 186 Å². The SMILES string of the molecule is COc1ccc(C/C=C/C(=O)OC(Cc2ccc(OC)c(OC)c2)C(=O)NO)cc1OC. The Balaban J connectivity index is 2.04. The maximum absolute atomic E-state index is 12.2. The summed E-state index contributed by atoms with van der Waals surface area (Å²) in [7, 11) is 6.09. The number of allylic oxidation sites excluding steroid dienone is 1. The number of benzene rings is 2. The first-order valence-electron chi connectivity index (χ1n) is 9.68. The van der Waals surface area contributed by atoms with Crippen LogP contribution in [0.15, 0.2) is 48.6 Å². The summed E-state index contributed by atoms with van der Waals surface area (Å²) in [5.41, 5.74) is 3.07. The standard InChI is InChI=1S/C23H27NO8/c1-28-17-10-8-15(12-19(17)30-3)6-5-7-22(25)32-21(23(26)24-27)14-16-9-11-18(29-2)20(13-16)31-4/h5,7-13,21,27H,6,14H2,1-4H3,(H,24,26)/b7-5+. The van der Waals surface area contributed by atoms with E-state index < -0.39 is 18.0 Å². The first kappa shape index (κ1) is 24.5. The van der Waals surface area contributed by atoms with Crippen LogP contribution in [0.5, 0.6) is 23.0 Å². The van der Waals surface area contributed by atoms with Crippen LogP contribution in [0.3, 0.4) is 0 Å². The molecule has 0 aliphatic rings. The summed E-state index contributed by atoms with van der Waals surface area (Å²) in [6.07, 6.45) is 2.05. The summed E-state index contributed by atoms with van der Waals surface area (Å²) in [6, 6.07) is 10.5. The smallest absolute Gasteiger partial charge is 0.331 e. The van der Waals surface area contributed by atoms with Gasteiger partial charge in [-0.25, -0.2) is 10.3 Å². The van der Waals surface area contributed by atoms with Crippen molar-refractivity contribution in [2.24, 2.45) is 0 Å². The van der Waals surface area contributed by atoms with E-state index in [2.05, 4.69) is 0 Å². The Bertz CT molecular complexity index is 957. The van der Waals surface area contributed by atoms with Gasteiger partial charge in [0.2, 0.25) is 0 Å². The molecule has 1 atom stereocenters. The molecule has 0 bridgehead atoms. The second-order valence-corrected chi connectivity index (χ2v) is 6.59. The number of esters is 1. The number of hydroxylamine groups is 1. The van der Waals surface area contributed by atoms with Crippen LogP contribution in [0.2, 0.25) is 0 Å². The van der Waals surface area contributed by atoms with Crippen LogP contribution in [-0.4, -0.2) is 51.6 Å². The molecule has 0 aliphatic carbocycles. The highest BCUT2D eigenvalue weighted by atomic mass is 16.6. The topological polar surface area (TPSA) is 113 Å². The van der Waals surface area contributed by atoms with E-state index in [1.54, 1.807) is 50.6 Å². The van der Waals surface area contributed by atoms with Crippen molar-refractivity contribution in [3.8, 4) is 23.0 Å². The number of rotatable bonds is 11. The predicted octanol–water partition coefficient (Wildman–Crippen LogP) is 2.48. The van der Waals surface area contributed by atoms with Crippen molar-refractivity contribution in [2.45, 2.75) is 18.9 Å². The Morgan fingerprint density at radius 1 is 0.875 bits per heavy atom. The van der Waals surface area contributed by atoms with E-state index in [1.807, 2.05) is 6.07 Å². The first-order valence-corrected chi connectivity index (χ1v) is 9.68. The van der Waals surface area contributed by atoms with Gasteiger partial charge in [0.15, 0.2) is 29.1 Å². The minimum Gasteiger partial charge on any atom is -0.493 e. The van der Waals surface area contributed by atoms with E-state index in [-0.39, 0.29) is 6.42 Å². The number of amides is 1. The quantitative estimate of drug-likeness (QED) is 0.235. The molecule has 172 valence electrons. The molecule has 9 nitrogen and oxygen atoms in total. The van der Waals surface area contributed by atoms with Gasteiger partial charge in [0.1, 0.15) is 0 Å². The minimum atomic E-state index is -1.24. The van der Waals surface area contributed by atoms with E-state index >= 15 is 0 Å². The van der Waals surface area contributed by atoms with Gasteiger partial charge in [-0.15, -0.1) is 0 Å². The highest BCUT2D eigenvalue weighted by Gasteiger charge is 2.23. The lowest BCUT2D eigenvalue weighted by molar-refractivity contribution is -0.155. The molecule has 0 radical (unpaired) electrons.